The number of likely N-dealkylation sites (tertiary alicyclic amines) is 1. The van der Waals surface area contributed by atoms with Gasteiger partial charge >= 0.3 is 0 Å². The Bertz CT molecular complexity index is 1290. The minimum Gasteiger partial charge on any atom is -0.491 e. The number of carbonyl (C=O) groups is 1. The SMILES string of the molecule is Cc1ccc2c(c1)C1(CCN(CCOc3cnc4c(N5CC(C)(O)C5)ncnc4c3)CC1)C(=O)N2. The average Bonchev–Trinajstić information content (AvgIpc) is 3.08. The fourth-order valence-corrected chi connectivity index (χ4v) is 5.62. The van der Waals surface area contributed by atoms with Crippen LogP contribution in [0.5, 0.6) is 5.75 Å². The van der Waals surface area contributed by atoms with Crippen LogP contribution >= 0.6 is 0 Å². The largest absolute Gasteiger partial charge is 0.491 e. The van der Waals surface area contributed by atoms with E-state index in [4.69, 9.17) is 4.74 Å². The molecule has 35 heavy (non-hydrogen) atoms. The fourth-order valence-electron chi connectivity index (χ4n) is 5.62. The zero-order valence-electron chi connectivity index (χ0n) is 20.1. The summed E-state index contributed by atoms with van der Waals surface area (Å²) in [4.78, 5) is 30.5. The van der Waals surface area contributed by atoms with E-state index in [0.717, 1.165) is 55.1 Å². The molecule has 5 heterocycles. The quantitative estimate of drug-likeness (QED) is 0.581. The van der Waals surface area contributed by atoms with E-state index >= 15 is 0 Å². The average molecular weight is 475 g/mol. The van der Waals surface area contributed by atoms with Gasteiger partial charge < -0.3 is 20.1 Å². The number of carbonyl (C=O) groups excluding carboxylic acids is 1. The summed E-state index contributed by atoms with van der Waals surface area (Å²) in [6, 6.07) is 8.13. The molecule has 1 aromatic carbocycles. The molecule has 0 atom stereocenters. The molecule has 3 aliphatic heterocycles. The number of fused-ring (bicyclic) bond motifs is 3. The summed E-state index contributed by atoms with van der Waals surface area (Å²) in [7, 11) is 0. The molecule has 3 aromatic rings. The molecule has 0 saturated carbocycles. The van der Waals surface area contributed by atoms with Gasteiger partial charge in [0.15, 0.2) is 5.82 Å². The maximum absolute atomic E-state index is 12.9. The third kappa shape index (κ3) is 3.88. The maximum Gasteiger partial charge on any atom is 0.235 e. The number of hydrogen-bond donors (Lipinski definition) is 2. The highest BCUT2D eigenvalue weighted by atomic mass is 16.5. The first kappa shape index (κ1) is 22.2. The number of amides is 1. The van der Waals surface area contributed by atoms with E-state index in [0.29, 0.717) is 31.0 Å². The Balaban J connectivity index is 1.06. The zero-order chi connectivity index (χ0) is 24.2. The number of nitrogens with one attached hydrogen (secondary N) is 1. The van der Waals surface area contributed by atoms with Crippen LogP contribution in [0.4, 0.5) is 11.5 Å². The second-order valence-corrected chi connectivity index (χ2v) is 10.4. The summed E-state index contributed by atoms with van der Waals surface area (Å²) in [6.07, 6.45) is 4.87. The summed E-state index contributed by atoms with van der Waals surface area (Å²) in [5, 5.41) is 13.1. The van der Waals surface area contributed by atoms with Gasteiger partial charge in [-0.05, 0) is 51.4 Å². The molecule has 2 N–H and O–H groups in total. The highest BCUT2D eigenvalue weighted by Gasteiger charge is 2.48. The van der Waals surface area contributed by atoms with Crippen molar-refractivity contribution in [2.24, 2.45) is 0 Å². The van der Waals surface area contributed by atoms with Crippen LogP contribution in [-0.2, 0) is 10.2 Å². The van der Waals surface area contributed by atoms with Crippen LogP contribution in [-0.4, -0.2) is 75.8 Å². The Morgan fingerprint density at radius 3 is 2.71 bits per heavy atom. The third-order valence-electron chi connectivity index (χ3n) is 7.55. The minimum absolute atomic E-state index is 0.138. The van der Waals surface area contributed by atoms with Crippen molar-refractivity contribution in [3.63, 3.8) is 0 Å². The molecule has 1 amide bonds. The molecule has 2 saturated heterocycles. The van der Waals surface area contributed by atoms with Crippen LogP contribution in [0, 0.1) is 6.92 Å². The molecule has 2 aromatic heterocycles. The normalized spacial score (nSPS) is 20.5. The number of piperidine rings is 1. The van der Waals surface area contributed by atoms with Crippen molar-refractivity contribution in [2.75, 3.05) is 49.5 Å². The third-order valence-corrected chi connectivity index (χ3v) is 7.55. The van der Waals surface area contributed by atoms with Gasteiger partial charge in [-0.1, -0.05) is 17.7 Å². The predicted molar refractivity (Wildman–Crippen MR) is 133 cm³/mol. The van der Waals surface area contributed by atoms with Gasteiger partial charge in [0.25, 0.3) is 0 Å². The van der Waals surface area contributed by atoms with Crippen LogP contribution in [0.25, 0.3) is 11.0 Å². The molecule has 9 nitrogen and oxygen atoms in total. The number of nitrogens with zero attached hydrogens (tertiary/aromatic N) is 5. The van der Waals surface area contributed by atoms with E-state index in [-0.39, 0.29) is 5.91 Å². The van der Waals surface area contributed by atoms with Crippen LogP contribution in [0.1, 0.15) is 30.9 Å². The number of aromatic nitrogens is 3. The fraction of sp³-hybridized carbons (Fsp3) is 0.462. The number of aliphatic hydroxyl groups is 1. The molecule has 6 rings (SSSR count). The van der Waals surface area contributed by atoms with E-state index in [1.807, 2.05) is 24.0 Å². The number of rotatable bonds is 5. The summed E-state index contributed by atoms with van der Waals surface area (Å²) < 4.78 is 6.00. The molecule has 3 aliphatic rings. The Kier molecular flexibility index (Phi) is 5.16. The van der Waals surface area contributed by atoms with Crippen LogP contribution < -0.4 is 15.0 Å². The molecule has 0 aliphatic carbocycles. The van der Waals surface area contributed by atoms with E-state index < -0.39 is 11.0 Å². The lowest BCUT2D eigenvalue weighted by atomic mass is 9.73. The monoisotopic (exact) mass is 474 g/mol. The molecular formula is C26H30N6O3. The summed E-state index contributed by atoms with van der Waals surface area (Å²) in [6.45, 7) is 7.99. The molecule has 182 valence electrons. The molecule has 0 bridgehead atoms. The van der Waals surface area contributed by atoms with Gasteiger partial charge in [0, 0.05) is 31.4 Å². The van der Waals surface area contributed by atoms with E-state index in [2.05, 4.69) is 44.2 Å². The second-order valence-electron chi connectivity index (χ2n) is 10.4. The predicted octanol–water partition coefficient (Wildman–Crippen LogP) is 2.27. The number of β-amino-alcohol motifs (C(OH)–C–C–N with tert-alkyl or cyclic N) is 1. The summed E-state index contributed by atoms with van der Waals surface area (Å²) in [5.74, 6) is 1.55. The number of aryl methyl sites for hydroxylation is 1. The highest BCUT2D eigenvalue weighted by Crippen LogP contribution is 2.45. The van der Waals surface area contributed by atoms with Gasteiger partial charge in [0.2, 0.25) is 5.91 Å². The first-order valence-electron chi connectivity index (χ1n) is 12.2. The second kappa shape index (κ2) is 8.13. The first-order chi connectivity index (χ1) is 16.8. The van der Waals surface area contributed by atoms with Crippen molar-refractivity contribution in [2.45, 2.75) is 37.7 Å². The van der Waals surface area contributed by atoms with E-state index in [9.17, 15) is 9.90 Å². The van der Waals surface area contributed by atoms with Crippen molar-refractivity contribution in [3.05, 3.63) is 47.9 Å². The lowest BCUT2D eigenvalue weighted by Gasteiger charge is -2.44. The number of hydrogen-bond acceptors (Lipinski definition) is 8. The van der Waals surface area contributed by atoms with E-state index in [1.54, 1.807) is 6.20 Å². The lowest BCUT2D eigenvalue weighted by molar-refractivity contribution is -0.122. The molecule has 1 spiro atoms. The molecule has 0 unspecified atom stereocenters. The van der Waals surface area contributed by atoms with Gasteiger partial charge in [-0.3, -0.25) is 9.69 Å². The molecular weight excluding hydrogens is 444 g/mol. The van der Waals surface area contributed by atoms with Gasteiger partial charge in [-0.15, -0.1) is 0 Å². The van der Waals surface area contributed by atoms with Crippen molar-refractivity contribution in [1.82, 2.24) is 19.9 Å². The minimum atomic E-state index is -0.682. The summed E-state index contributed by atoms with van der Waals surface area (Å²) >= 11 is 0. The van der Waals surface area contributed by atoms with Crippen LogP contribution in [0.2, 0.25) is 0 Å². The standard InChI is InChI=1S/C26H30N6O3/c1-17-3-4-20-19(11-17)26(24(33)30-20)5-7-31(8-6-26)9-10-35-18-12-21-22(27-13-18)23(29-16-28-21)32-14-25(2,34)15-32/h3-4,11-13,16,34H,5-10,14-15H2,1-2H3,(H,30,33). The number of pyridine rings is 1. The smallest absolute Gasteiger partial charge is 0.235 e. The van der Waals surface area contributed by atoms with Gasteiger partial charge in [-0.2, -0.15) is 0 Å². The van der Waals surface area contributed by atoms with E-state index in [1.165, 1.54) is 11.9 Å². The van der Waals surface area contributed by atoms with Gasteiger partial charge in [0.05, 0.1) is 22.7 Å². The molecule has 9 heteroatoms. The zero-order valence-corrected chi connectivity index (χ0v) is 20.1. The van der Waals surface area contributed by atoms with Gasteiger partial charge in [0.1, 0.15) is 24.2 Å². The Morgan fingerprint density at radius 2 is 1.94 bits per heavy atom. The van der Waals surface area contributed by atoms with Crippen molar-refractivity contribution in [3.8, 4) is 5.75 Å². The van der Waals surface area contributed by atoms with Crippen LogP contribution in [0.15, 0.2) is 36.8 Å². The Hall–Kier alpha value is -3.30. The highest BCUT2D eigenvalue weighted by molar-refractivity contribution is 6.06. The summed E-state index contributed by atoms with van der Waals surface area (Å²) in [5.41, 5.74) is 3.66. The topological polar surface area (TPSA) is 104 Å². The Morgan fingerprint density at radius 1 is 1.14 bits per heavy atom. The number of anilines is 2. The molecule has 2 fully saturated rings. The number of benzene rings is 1. The van der Waals surface area contributed by atoms with Gasteiger partial charge in [-0.25, -0.2) is 15.0 Å². The maximum atomic E-state index is 12.9. The van der Waals surface area contributed by atoms with Crippen molar-refractivity contribution >= 4 is 28.4 Å². The van der Waals surface area contributed by atoms with Crippen molar-refractivity contribution in [1.29, 1.82) is 0 Å². The molecule has 0 radical (unpaired) electrons. The Labute approximate surface area is 204 Å². The number of ether oxygens (including phenoxy) is 1. The first-order valence-corrected chi connectivity index (χ1v) is 12.2. The van der Waals surface area contributed by atoms with Crippen LogP contribution in [0.3, 0.4) is 0 Å². The lowest BCUT2D eigenvalue weighted by Crippen LogP contribution is -2.60. The van der Waals surface area contributed by atoms with Crippen molar-refractivity contribution < 1.29 is 14.6 Å².